The number of methoxy groups -OCH3 is 2. The number of phenols is 3. The Balaban J connectivity index is 1.17. The molecule has 1 saturated carbocycles. The summed E-state index contributed by atoms with van der Waals surface area (Å²) in [4.78, 5) is 61.9. The largest absolute Gasteiger partial charge is 0.508 e. The molecule has 5 aromatic rings. The topological polar surface area (TPSA) is 284 Å². The summed E-state index contributed by atoms with van der Waals surface area (Å²) in [5.41, 5.74) is -0.615. The number of pyridine rings is 2. The molecule has 10 rings (SSSR count). The van der Waals surface area contributed by atoms with Crippen LogP contribution in [0.5, 0.6) is 28.7 Å². The number of aromatic nitrogens is 2. The smallest absolute Gasteiger partial charge is 0.312 e. The second kappa shape index (κ2) is 24.3. The quantitative estimate of drug-likeness (QED) is 0.0163. The third-order valence-electron chi connectivity index (χ3n) is 17.0. The highest BCUT2D eigenvalue weighted by molar-refractivity contribution is 6.24. The predicted molar refractivity (Wildman–Crippen MR) is 316 cm³/mol. The molecule has 1 amide bonds. The number of hydrogen-bond donors (Lipinski definition) is 7. The Bertz CT molecular complexity index is 3670. The van der Waals surface area contributed by atoms with Crippen LogP contribution < -0.4 is 25.1 Å². The Morgan fingerprint density at radius 2 is 1.73 bits per heavy atom. The summed E-state index contributed by atoms with van der Waals surface area (Å²) in [6, 6.07) is 5.87. The number of aromatic hydroxyl groups is 3. The third-order valence-corrected chi connectivity index (χ3v) is 17.0. The van der Waals surface area contributed by atoms with Gasteiger partial charge in [0.05, 0.1) is 94.8 Å². The van der Waals surface area contributed by atoms with Crippen molar-refractivity contribution in [1.82, 2.24) is 14.6 Å². The van der Waals surface area contributed by atoms with Crippen molar-refractivity contribution in [1.29, 1.82) is 0 Å². The highest BCUT2D eigenvalue weighted by atomic mass is 19.1. The van der Waals surface area contributed by atoms with E-state index >= 15 is 4.39 Å². The standard InChI is InChI=1S/C63H73FN6O15/c1-30-15-14-16-31(2)62(80)67-49-42(26-66-70(27-38-17-12-13-22-65-38)40-20-23-68(28-40)51-44(64)25-41-50(60(51)82-11)69(39-18-19-39)29-43(36(7)71)55(41)76)56(77)46-47(57(49)78)54(75)35(6)59-48(46)61(79)63(9,85-59)83-24-21-45(81-10)32(3)58(84-37(8)72)34(5)53(74)33(4)52(30)73/h12-17,21-22,24-26,29-30,32-34,39-40,45,52-53,58,71,73-75,77-78H,7,18-20,23,27-28H2,1-6,8-11H3,(H,67,80)/b15-14+,24-21+,31-16-,66-26+/t30-,32+,33+,34+,40?,45-,52-,53+,58+,63-/m0/s1. The van der Waals surface area contributed by atoms with E-state index in [2.05, 4.69) is 16.9 Å². The molecular weight excluding hydrogens is 1100 g/mol. The molecule has 0 radical (unpaired) electrons. The fraction of sp³-hybridized carbons (Fsp3) is 0.429. The maximum absolute atomic E-state index is 16.8. The molecule has 7 N–H and O–H groups in total. The molecule has 4 aliphatic heterocycles. The molecule has 10 atom stereocenters. The van der Waals surface area contributed by atoms with E-state index in [4.69, 9.17) is 28.8 Å². The van der Waals surface area contributed by atoms with Gasteiger partial charge in [0.25, 0.3) is 11.7 Å². The van der Waals surface area contributed by atoms with Crippen LogP contribution in [-0.2, 0) is 30.3 Å². The minimum absolute atomic E-state index is 0.0123. The van der Waals surface area contributed by atoms with Crippen LogP contribution in [0.4, 0.5) is 15.8 Å². The highest BCUT2D eigenvalue weighted by Gasteiger charge is 2.50. The van der Waals surface area contributed by atoms with Crippen LogP contribution in [0.2, 0.25) is 0 Å². The van der Waals surface area contributed by atoms with E-state index in [0.717, 1.165) is 25.2 Å². The molecule has 22 heteroatoms. The second-order valence-corrected chi connectivity index (χ2v) is 22.8. The van der Waals surface area contributed by atoms with Crippen LogP contribution in [0.3, 0.4) is 0 Å². The van der Waals surface area contributed by atoms with Crippen LogP contribution in [0.15, 0.2) is 89.3 Å². The van der Waals surface area contributed by atoms with E-state index in [1.54, 1.807) is 74.2 Å². The zero-order valence-electron chi connectivity index (χ0n) is 49.1. The van der Waals surface area contributed by atoms with Crippen LogP contribution in [0, 0.1) is 36.4 Å². The molecular formula is C63H73FN6O15. The normalized spacial score (nSPS) is 27.1. The number of phenolic OH excluding ortho intramolecular Hbond substituents is 3. The molecule has 2 fully saturated rings. The van der Waals surface area contributed by atoms with Gasteiger partial charge in [-0.15, -0.1) is 0 Å². The van der Waals surface area contributed by atoms with Crippen LogP contribution >= 0.6 is 0 Å². The van der Waals surface area contributed by atoms with E-state index in [9.17, 15) is 49.8 Å². The number of carbonyl (C=O) groups is 3. The van der Waals surface area contributed by atoms with E-state index in [-0.39, 0.29) is 81.5 Å². The fourth-order valence-electron chi connectivity index (χ4n) is 11.9. The van der Waals surface area contributed by atoms with E-state index in [1.165, 1.54) is 66.5 Å². The van der Waals surface area contributed by atoms with Crippen molar-refractivity contribution >= 4 is 62.7 Å². The molecule has 0 spiro atoms. The number of nitrogens with one attached hydrogen (secondary N) is 1. The molecule has 85 heavy (non-hydrogen) atoms. The predicted octanol–water partition coefficient (Wildman–Crippen LogP) is 8.59. The number of anilines is 2. The number of aliphatic hydroxyl groups is 3. The van der Waals surface area contributed by atoms with Gasteiger partial charge in [-0.25, -0.2) is 4.39 Å². The van der Waals surface area contributed by atoms with Crippen molar-refractivity contribution in [2.75, 3.05) is 37.5 Å². The van der Waals surface area contributed by atoms with Gasteiger partial charge in [-0.2, -0.15) is 5.10 Å². The van der Waals surface area contributed by atoms with Crippen LogP contribution in [0.1, 0.15) is 107 Å². The molecule has 2 aromatic heterocycles. The maximum atomic E-state index is 16.8. The summed E-state index contributed by atoms with van der Waals surface area (Å²) in [5, 5.41) is 79.4. The van der Waals surface area contributed by atoms with E-state index in [0.29, 0.717) is 17.6 Å². The molecule has 5 bridgehead atoms. The number of esters is 1. The van der Waals surface area contributed by atoms with Crippen molar-refractivity contribution in [3.8, 4) is 28.7 Å². The van der Waals surface area contributed by atoms with Gasteiger partial charge in [0, 0.05) is 92.7 Å². The first-order chi connectivity index (χ1) is 40.3. The molecule has 452 valence electrons. The van der Waals surface area contributed by atoms with Gasteiger partial charge in [-0.1, -0.05) is 58.6 Å². The Morgan fingerprint density at radius 1 is 1.00 bits per heavy atom. The van der Waals surface area contributed by atoms with Crippen LogP contribution in [0.25, 0.3) is 27.4 Å². The zero-order chi connectivity index (χ0) is 61.7. The van der Waals surface area contributed by atoms with Gasteiger partial charge in [0.15, 0.2) is 17.3 Å². The summed E-state index contributed by atoms with van der Waals surface area (Å²) >= 11 is 0. The van der Waals surface area contributed by atoms with Crippen molar-refractivity contribution < 1.29 is 73.1 Å². The number of hydrogen-bond acceptors (Lipinski definition) is 19. The first-order valence-electron chi connectivity index (χ1n) is 28.2. The Labute approximate surface area is 490 Å². The van der Waals surface area contributed by atoms with Gasteiger partial charge in [0.2, 0.25) is 5.43 Å². The first kappa shape index (κ1) is 61.1. The van der Waals surface area contributed by atoms with Gasteiger partial charge in [-0.3, -0.25) is 29.2 Å². The average molecular weight is 1170 g/mol. The van der Waals surface area contributed by atoms with Gasteiger partial charge in [0.1, 0.15) is 34.8 Å². The lowest BCUT2D eigenvalue weighted by molar-refractivity contribution is -0.160. The van der Waals surface area contributed by atoms with Gasteiger partial charge < -0.3 is 69.1 Å². The number of Topliss-reactive ketones (excluding diaryl/α,β-unsaturated/α-hetero) is 1. The summed E-state index contributed by atoms with van der Waals surface area (Å²) in [6.45, 7) is 16.3. The fourth-order valence-corrected chi connectivity index (χ4v) is 11.9. The SMILES string of the molecule is C=C(O)c1cn(C2CC2)c2c(OC)c(N3CCC(N(Cc4ccccn4)/N=C/c4c5c(O)c6c(O)c(C)c7c(c6c4O)C(=O)[C@@](C)(O/C=C/[C@H](OC)[C@@H](C)[C@@H](OC(C)=O)[C@H](C)[C@H](O)[C@H](C)[C@@H](O)[C@@H](C)/C=C/C=C(/C)C(=O)N5)O7)C3)c(F)cc2c1=O. The van der Waals surface area contributed by atoms with Crippen LogP contribution in [-0.4, -0.2) is 133 Å². The number of carbonyl (C=O) groups excluding carboxylic acids is 3. The summed E-state index contributed by atoms with van der Waals surface area (Å²) in [7, 11) is 2.81. The Morgan fingerprint density at radius 3 is 2.38 bits per heavy atom. The van der Waals surface area contributed by atoms with Crippen molar-refractivity contribution in [3.05, 3.63) is 123 Å². The molecule has 6 heterocycles. The Hall–Kier alpha value is -8.47. The monoisotopic (exact) mass is 1170 g/mol. The van der Waals surface area contributed by atoms with Crippen molar-refractivity contribution in [2.24, 2.45) is 28.8 Å². The van der Waals surface area contributed by atoms with Crippen molar-refractivity contribution in [3.63, 3.8) is 0 Å². The first-order valence-corrected chi connectivity index (χ1v) is 28.2. The molecule has 1 saturated heterocycles. The minimum atomic E-state index is -2.17. The van der Waals surface area contributed by atoms with E-state index in [1.807, 2.05) is 4.57 Å². The summed E-state index contributed by atoms with van der Waals surface area (Å²) in [6.07, 6.45) is 9.36. The van der Waals surface area contributed by atoms with Gasteiger partial charge >= 0.3 is 11.8 Å². The van der Waals surface area contributed by atoms with Gasteiger partial charge in [-0.05, 0) is 57.4 Å². The molecule has 1 unspecified atom stereocenters. The number of ketones is 1. The number of rotatable bonds is 11. The van der Waals surface area contributed by atoms with E-state index < -0.39 is 123 Å². The number of aliphatic hydroxyl groups excluding tert-OH is 3. The lowest BCUT2D eigenvalue weighted by Gasteiger charge is -2.38. The lowest BCUT2D eigenvalue weighted by atomic mass is 9.78. The number of allylic oxidation sites excluding steroid dienone is 2. The number of amides is 1. The minimum Gasteiger partial charge on any atom is -0.508 e. The second-order valence-electron chi connectivity index (χ2n) is 22.8. The highest BCUT2D eigenvalue weighted by Crippen LogP contribution is 2.55. The number of fused-ring (bicyclic) bond motifs is 15. The summed E-state index contributed by atoms with van der Waals surface area (Å²) in [5.74, 6) is -10.5. The molecule has 5 aliphatic rings. The maximum Gasteiger partial charge on any atom is 0.312 e. The van der Waals surface area contributed by atoms with Crippen molar-refractivity contribution in [2.45, 2.75) is 123 Å². The number of hydrazone groups is 1. The number of halogens is 1. The third kappa shape index (κ3) is 11.5. The summed E-state index contributed by atoms with van der Waals surface area (Å²) < 4.78 is 48.5. The number of ether oxygens (including phenoxy) is 5. The average Bonchev–Trinajstić information content (AvgIpc) is 1.71. The Kier molecular flexibility index (Phi) is 17.4. The number of benzene rings is 3. The molecule has 3 aromatic carbocycles. The zero-order valence-corrected chi connectivity index (χ0v) is 49.1. The lowest BCUT2D eigenvalue weighted by Crippen LogP contribution is -2.46. The molecule has 1 aliphatic carbocycles. The molecule has 21 nitrogen and oxygen atoms in total. The number of nitrogens with zero attached hydrogens (tertiary/aromatic N) is 5.